The molecule has 2 N–H and O–H groups in total. The van der Waals surface area contributed by atoms with Crippen LogP contribution in [0, 0.1) is 12.8 Å². The smallest absolute Gasteiger partial charge is 0.255 e. The van der Waals surface area contributed by atoms with Crippen molar-refractivity contribution in [1.82, 2.24) is 20.4 Å². The summed E-state index contributed by atoms with van der Waals surface area (Å²) in [6.45, 7) is 4.61. The van der Waals surface area contributed by atoms with Gasteiger partial charge in [0.05, 0.1) is 18.4 Å². The molecule has 1 aliphatic heterocycles. The Morgan fingerprint density at radius 1 is 1.25 bits per heavy atom. The van der Waals surface area contributed by atoms with Gasteiger partial charge < -0.3 is 15.4 Å². The number of methoxy groups -OCH3 is 1. The Kier molecular flexibility index (Phi) is 5.12. The van der Waals surface area contributed by atoms with Crippen LogP contribution in [-0.2, 0) is 0 Å². The van der Waals surface area contributed by atoms with Gasteiger partial charge in [0, 0.05) is 37.3 Å². The first-order valence-corrected chi connectivity index (χ1v) is 9.44. The van der Waals surface area contributed by atoms with Gasteiger partial charge in [-0.3, -0.25) is 4.79 Å². The van der Waals surface area contributed by atoms with E-state index in [-0.39, 0.29) is 5.91 Å². The molecule has 0 aliphatic carbocycles. The third kappa shape index (κ3) is 3.77. The zero-order valence-electron chi connectivity index (χ0n) is 16.1. The summed E-state index contributed by atoms with van der Waals surface area (Å²) in [6, 6.07) is 15.7. The fourth-order valence-electron chi connectivity index (χ4n) is 3.18. The number of carbonyl (C=O) groups is 1. The number of carbonyl (C=O) groups excluding carboxylic acids is 1. The standard InChI is InChI=1S/C22H24N4O2/c1-15-6-8-18(9-7-15)26-14-20(22(27)24-13-16-11-23-12-16)21(25-26)17-4-3-5-19(10-17)28-2/h3-10,14,16,23H,11-13H2,1-2H3,(H,24,27). The Bertz CT molecular complexity index is 974. The van der Waals surface area contributed by atoms with Crippen molar-refractivity contribution in [3.63, 3.8) is 0 Å². The number of amides is 1. The van der Waals surface area contributed by atoms with Crippen LogP contribution < -0.4 is 15.4 Å². The highest BCUT2D eigenvalue weighted by molar-refractivity contribution is 6.00. The first-order valence-electron chi connectivity index (χ1n) is 9.44. The fraction of sp³-hybridized carbons (Fsp3) is 0.273. The van der Waals surface area contributed by atoms with E-state index in [1.807, 2.05) is 55.5 Å². The third-order valence-electron chi connectivity index (χ3n) is 5.02. The van der Waals surface area contributed by atoms with Crippen molar-refractivity contribution in [1.29, 1.82) is 0 Å². The molecule has 28 heavy (non-hydrogen) atoms. The lowest BCUT2D eigenvalue weighted by atomic mass is 10.0. The van der Waals surface area contributed by atoms with Gasteiger partial charge in [-0.25, -0.2) is 4.68 Å². The molecular weight excluding hydrogens is 352 g/mol. The van der Waals surface area contributed by atoms with Gasteiger partial charge in [-0.05, 0) is 31.2 Å². The molecule has 1 aliphatic rings. The molecule has 0 unspecified atom stereocenters. The molecule has 6 heteroatoms. The number of aryl methyl sites for hydroxylation is 1. The first-order chi connectivity index (χ1) is 13.6. The van der Waals surface area contributed by atoms with Crippen LogP contribution in [0.2, 0.25) is 0 Å². The molecule has 0 radical (unpaired) electrons. The fourth-order valence-corrected chi connectivity index (χ4v) is 3.18. The highest BCUT2D eigenvalue weighted by atomic mass is 16.5. The Morgan fingerprint density at radius 3 is 2.71 bits per heavy atom. The number of benzene rings is 2. The molecule has 0 spiro atoms. The van der Waals surface area contributed by atoms with Crippen LogP contribution in [-0.4, -0.2) is 42.4 Å². The van der Waals surface area contributed by atoms with Crippen molar-refractivity contribution in [2.75, 3.05) is 26.7 Å². The topological polar surface area (TPSA) is 68.2 Å². The summed E-state index contributed by atoms with van der Waals surface area (Å²) >= 11 is 0. The molecule has 3 aromatic rings. The molecule has 6 nitrogen and oxygen atoms in total. The molecule has 2 aromatic carbocycles. The van der Waals surface area contributed by atoms with Gasteiger partial charge in [-0.1, -0.05) is 29.8 Å². The Hall–Kier alpha value is -3.12. The van der Waals surface area contributed by atoms with E-state index in [1.165, 1.54) is 5.56 Å². The predicted molar refractivity (Wildman–Crippen MR) is 109 cm³/mol. The summed E-state index contributed by atoms with van der Waals surface area (Å²) in [7, 11) is 1.63. The van der Waals surface area contributed by atoms with E-state index in [4.69, 9.17) is 9.84 Å². The second-order valence-electron chi connectivity index (χ2n) is 7.14. The highest BCUT2D eigenvalue weighted by Gasteiger charge is 2.22. The van der Waals surface area contributed by atoms with Gasteiger partial charge in [0.25, 0.3) is 5.91 Å². The number of aromatic nitrogens is 2. The maximum Gasteiger partial charge on any atom is 0.255 e. The molecule has 0 atom stereocenters. The average molecular weight is 376 g/mol. The van der Waals surface area contributed by atoms with Crippen molar-refractivity contribution in [3.05, 3.63) is 65.9 Å². The minimum absolute atomic E-state index is 0.108. The molecule has 1 aromatic heterocycles. The van der Waals surface area contributed by atoms with Crippen LogP contribution in [0.4, 0.5) is 0 Å². The van der Waals surface area contributed by atoms with Gasteiger partial charge in [0.1, 0.15) is 11.4 Å². The second kappa shape index (κ2) is 7.86. The number of hydrogen-bond donors (Lipinski definition) is 2. The van der Waals surface area contributed by atoms with Gasteiger partial charge in [0.15, 0.2) is 0 Å². The average Bonchev–Trinajstić information content (AvgIpc) is 3.13. The van der Waals surface area contributed by atoms with Crippen LogP contribution >= 0.6 is 0 Å². The summed E-state index contributed by atoms with van der Waals surface area (Å²) in [4.78, 5) is 12.9. The van der Waals surface area contributed by atoms with E-state index in [1.54, 1.807) is 18.0 Å². The molecule has 1 amide bonds. The summed E-state index contributed by atoms with van der Waals surface area (Å²) in [5.74, 6) is 1.12. The third-order valence-corrected chi connectivity index (χ3v) is 5.02. The minimum atomic E-state index is -0.108. The lowest BCUT2D eigenvalue weighted by Crippen LogP contribution is -2.48. The molecule has 2 heterocycles. The zero-order chi connectivity index (χ0) is 19.5. The first kappa shape index (κ1) is 18.3. The summed E-state index contributed by atoms with van der Waals surface area (Å²) < 4.78 is 7.10. The molecule has 1 saturated heterocycles. The quantitative estimate of drug-likeness (QED) is 0.694. The molecule has 1 fully saturated rings. The van der Waals surface area contributed by atoms with Crippen molar-refractivity contribution in [3.8, 4) is 22.7 Å². The lowest BCUT2D eigenvalue weighted by molar-refractivity contribution is 0.0943. The van der Waals surface area contributed by atoms with E-state index < -0.39 is 0 Å². The van der Waals surface area contributed by atoms with E-state index >= 15 is 0 Å². The van der Waals surface area contributed by atoms with E-state index in [9.17, 15) is 4.79 Å². The van der Waals surface area contributed by atoms with Crippen LogP contribution in [0.1, 0.15) is 15.9 Å². The predicted octanol–water partition coefficient (Wildman–Crippen LogP) is 2.81. The van der Waals surface area contributed by atoms with Crippen molar-refractivity contribution < 1.29 is 9.53 Å². The van der Waals surface area contributed by atoms with Crippen molar-refractivity contribution >= 4 is 5.91 Å². The number of rotatable bonds is 6. The van der Waals surface area contributed by atoms with Crippen LogP contribution in [0.5, 0.6) is 5.75 Å². The normalized spacial score (nSPS) is 13.8. The summed E-state index contributed by atoms with van der Waals surface area (Å²) in [6.07, 6.45) is 1.80. The van der Waals surface area contributed by atoms with E-state index in [0.29, 0.717) is 23.7 Å². The van der Waals surface area contributed by atoms with Crippen LogP contribution in [0.3, 0.4) is 0 Å². The molecular formula is C22H24N4O2. The summed E-state index contributed by atoms with van der Waals surface area (Å²) in [5.41, 5.74) is 4.14. The number of ether oxygens (including phenoxy) is 1. The Morgan fingerprint density at radius 2 is 2.04 bits per heavy atom. The number of nitrogens with one attached hydrogen (secondary N) is 2. The second-order valence-corrected chi connectivity index (χ2v) is 7.14. The van der Waals surface area contributed by atoms with E-state index in [0.717, 1.165) is 30.1 Å². The van der Waals surface area contributed by atoms with Crippen LogP contribution in [0.25, 0.3) is 16.9 Å². The van der Waals surface area contributed by atoms with Gasteiger partial charge >= 0.3 is 0 Å². The lowest BCUT2D eigenvalue weighted by Gasteiger charge is -2.27. The summed E-state index contributed by atoms with van der Waals surface area (Å²) in [5, 5.41) is 11.0. The molecule has 0 bridgehead atoms. The van der Waals surface area contributed by atoms with Crippen molar-refractivity contribution in [2.45, 2.75) is 6.92 Å². The zero-order valence-corrected chi connectivity index (χ0v) is 16.1. The molecule has 0 saturated carbocycles. The number of hydrogen-bond acceptors (Lipinski definition) is 4. The maximum absolute atomic E-state index is 12.9. The Balaban J connectivity index is 1.70. The Labute approximate surface area is 164 Å². The van der Waals surface area contributed by atoms with Gasteiger partial charge in [0.2, 0.25) is 0 Å². The largest absolute Gasteiger partial charge is 0.497 e. The van der Waals surface area contributed by atoms with E-state index in [2.05, 4.69) is 10.6 Å². The van der Waals surface area contributed by atoms with Gasteiger partial charge in [-0.15, -0.1) is 0 Å². The number of nitrogens with zero attached hydrogens (tertiary/aromatic N) is 2. The van der Waals surface area contributed by atoms with Gasteiger partial charge in [-0.2, -0.15) is 5.10 Å². The van der Waals surface area contributed by atoms with Crippen molar-refractivity contribution in [2.24, 2.45) is 5.92 Å². The SMILES string of the molecule is COc1cccc(-c2nn(-c3ccc(C)cc3)cc2C(=O)NCC2CNC2)c1. The monoisotopic (exact) mass is 376 g/mol. The minimum Gasteiger partial charge on any atom is -0.497 e. The maximum atomic E-state index is 12.9. The molecule has 4 rings (SSSR count). The molecule has 144 valence electrons. The van der Waals surface area contributed by atoms with Crippen LogP contribution in [0.15, 0.2) is 54.7 Å². The highest BCUT2D eigenvalue weighted by Crippen LogP contribution is 2.27.